The number of hydrogen-bond donors (Lipinski definition) is 5. The van der Waals surface area contributed by atoms with Gasteiger partial charge >= 0.3 is 0 Å². The van der Waals surface area contributed by atoms with Crippen LogP contribution in [0.1, 0.15) is 24.1 Å². The van der Waals surface area contributed by atoms with E-state index in [4.69, 9.17) is 5.21 Å². The highest BCUT2D eigenvalue weighted by atomic mass is 35.5. The van der Waals surface area contributed by atoms with Gasteiger partial charge in [0, 0.05) is 12.1 Å². The van der Waals surface area contributed by atoms with E-state index in [-0.39, 0.29) is 29.9 Å². The molecule has 5 atom stereocenters. The van der Waals surface area contributed by atoms with E-state index >= 15 is 0 Å². The normalized spacial score (nSPS) is 25.9. The first-order valence-electron chi connectivity index (χ1n) is 8.64. The van der Waals surface area contributed by atoms with Crippen LogP contribution in [0.15, 0.2) is 41.9 Å². The summed E-state index contributed by atoms with van der Waals surface area (Å²) in [5.74, 6) is -2.93. The third-order valence-electron chi connectivity index (χ3n) is 5.38. The van der Waals surface area contributed by atoms with Crippen LogP contribution in [0.5, 0.6) is 0 Å². The van der Waals surface area contributed by atoms with Crippen molar-refractivity contribution in [3.8, 4) is 0 Å². The lowest BCUT2D eigenvalue weighted by molar-refractivity contribution is -0.0265. The van der Waals surface area contributed by atoms with E-state index in [0.29, 0.717) is 11.0 Å². The average molecular weight is 429 g/mol. The summed E-state index contributed by atoms with van der Waals surface area (Å²) >= 11 is 0. The molecule has 3 aromatic rings. The second-order valence-electron chi connectivity index (χ2n) is 6.88. The second kappa shape index (κ2) is 8.07. The number of aliphatic hydroxyl groups is 3. The fraction of sp³-hybridized carbons (Fsp3) is 0.333. The molecule has 0 unspecified atom stereocenters. The zero-order valence-corrected chi connectivity index (χ0v) is 15.7. The Kier molecular flexibility index (Phi) is 5.90. The Morgan fingerprint density at radius 2 is 1.93 bits per heavy atom. The van der Waals surface area contributed by atoms with Crippen molar-refractivity contribution in [1.82, 2.24) is 14.5 Å². The highest BCUT2D eigenvalue weighted by Crippen LogP contribution is 2.43. The van der Waals surface area contributed by atoms with E-state index in [2.05, 4.69) is 15.1 Å². The number of aromatic nitrogens is 3. The van der Waals surface area contributed by atoms with E-state index in [0.717, 1.165) is 12.1 Å². The lowest BCUT2D eigenvalue weighted by atomic mass is 9.92. The molecule has 11 heteroatoms. The Hall–Kier alpha value is -2.53. The summed E-state index contributed by atoms with van der Waals surface area (Å²) < 4.78 is 28.3. The van der Waals surface area contributed by atoms with Gasteiger partial charge in [0.2, 0.25) is 5.49 Å². The molecule has 0 aliphatic heterocycles. The summed E-state index contributed by atoms with van der Waals surface area (Å²) in [6, 6.07) is 4.07. The first-order chi connectivity index (χ1) is 13.4. The van der Waals surface area contributed by atoms with Crippen molar-refractivity contribution in [2.75, 3.05) is 0 Å². The molecule has 1 aliphatic rings. The van der Waals surface area contributed by atoms with Gasteiger partial charge in [0.1, 0.15) is 11.8 Å². The Morgan fingerprint density at radius 1 is 1.17 bits per heavy atom. The van der Waals surface area contributed by atoms with Crippen molar-refractivity contribution < 1.29 is 29.3 Å². The number of halogens is 3. The van der Waals surface area contributed by atoms with E-state index in [1.54, 1.807) is 16.8 Å². The van der Waals surface area contributed by atoms with Gasteiger partial charge in [-0.05, 0) is 30.2 Å². The number of rotatable bonds is 3. The van der Waals surface area contributed by atoms with Crippen molar-refractivity contribution in [3.05, 3.63) is 59.5 Å². The number of nitrogens with zero attached hydrogens (tertiary/aromatic N) is 3. The van der Waals surface area contributed by atoms with Crippen LogP contribution in [0.25, 0.3) is 11.0 Å². The van der Waals surface area contributed by atoms with Crippen molar-refractivity contribution in [2.45, 2.75) is 30.8 Å². The number of aromatic amines is 1. The highest BCUT2D eigenvalue weighted by molar-refractivity contribution is 5.85. The van der Waals surface area contributed by atoms with Gasteiger partial charge in [0.25, 0.3) is 0 Å². The minimum Gasteiger partial charge on any atom is -0.409 e. The number of aliphatic hydroxyl groups excluding tert-OH is 3. The summed E-state index contributed by atoms with van der Waals surface area (Å²) in [4.78, 5) is 6.80. The molecular weight excluding hydrogens is 410 g/mol. The number of nitrogens with one attached hydrogen (secondary N) is 1. The maximum absolute atomic E-state index is 13.5. The molecule has 0 amide bonds. The smallest absolute Gasteiger partial charge is 0.203 e. The molecule has 0 bridgehead atoms. The molecule has 0 radical (unpaired) electrons. The van der Waals surface area contributed by atoms with Crippen LogP contribution < -0.4 is 5.49 Å². The largest absolute Gasteiger partial charge is 0.409 e. The summed E-state index contributed by atoms with van der Waals surface area (Å²) in [5.41, 5.74) is 0.728. The van der Waals surface area contributed by atoms with Crippen LogP contribution in [0.2, 0.25) is 0 Å². The van der Waals surface area contributed by atoms with Gasteiger partial charge in [-0.3, -0.25) is 0 Å². The predicted molar refractivity (Wildman–Crippen MR) is 99.2 cm³/mol. The van der Waals surface area contributed by atoms with Crippen molar-refractivity contribution >= 4 is 23.4 Å². The third-order valence-corrected chi connectivity index (χ3v) is 5.38. The van der Waals surface area contributed by atoms with E-state index in [9.17, 15) is 24.1 Å². The van der Waals surface area contributed by atoms with Gasteiger partial charge in [-0.15, -0.1) is 12.4 Å². The highest BCUT2D eigenvalue weighted by Gasteiger charge is 2.46. The molecule has 0 saturated heterocycles. The molecule has 2 aromatic heterocycles. The van der Waals surface area contributed by atoms with Crippen molar-refractivity contribution in [3.63, 3.8) is 0 Å². The molecular formula is C18H19ClF2N4O4. The molecule has 8 nitrogen and oxygen atoms in total. The van der Waals surface area contributed by atoms with Gasteiger partial charge in [-0.2, -0.15) is 0 Å². The molecule has 1 fully saturated rings. The number of hydrogen-bond acceptors (Lipinski definition) is 6. The topological polar surface area (TPSA) is 127 Å². The van der Waals surface area contributed by atoms with Crippen LogP contribution in [-0.2, 0) is 0 Å². The quantitative estimate of drug-likeness (QED) is 0.318. The van der Waals surface area contributed by atoms with E-state index in [1.165, 1.54) is 12.4 Å². The van der Waals surface area contributed by atoms with Gasteiger partial charge in [0.15, 0.2) is 11.6 Å². The monoisotopic (exact) mass is 428 g/mol. The van der Waals surface area contributed by atoms with Crippen molar-refractivity contribution in [1.29, 1.82) is 0 Å². The van der Waals surface area contributed by atoms with Gasteiger partial charge in [-0.25, -0.2) is 13.8 Å². The minimum atomic E-state index is -1.29. The fourth-order valence-electron chi connectivity index (χ4n) is 3.94. The Balaban J connectivity index is 0.00000240. The summed E-state index contributed by atoms with van der Waals surface area (Å²) in [6.45, 7) is 0. The van der Waals surface area contributed by atoms with Crippen LogP contribution in [0, 0.1) is 17.6 Å². The van der Waals surface area contributed by atoms with Crippen LogP contribution in [-0.4, -0.2) is 47.3 Å². The number of fused-ring (bicyclic) bond motifs is 1. The molecule has 5 N–H and O–H groups in total. The maximum Gasteiger partial charge on any atom is 0.203 e. The first kappa shape index (κ1) is 21.2. The molecule has 4 rings (SSSR count). The molecule has 29 heavy (non-hydrogen) atoms. The van der Waals surface area contributed by atoms with Gasteiger partial charge in [-0.1, -0.05) is 11.2 Å². The van der Waals surface area contributed by atoms with Crippen LogP contribution in [0.3, 0.4) is 0 Å². The van der Waals surface area contributed by atoms with Crippen LogP contribution in [0.4, 0.5) is 8.78 Å². The molecule has 0 spiro atoms. The predicted octanol–water partition coefficient (Wildman–Crippen LogP) is 1.37. The Bertz CT molecular complexity index is 1090. The molecule has 1 aromatic carbocycles. The average Bonchev–Trinajstić information content (AvgIpc) is 3.25. The second-order valence-corrected chi connectivity index (χ2v) is 6.88. The standard InChI is InChI=1S/C18H18F2N4O4.ClH/c19-11-2-1-8(5-12(11)20)14(25)10-6-13(16(27)15(10)26)24-4-3-9-17(23-28)21-7-22-18(9)24;/h1-5,7,10,13-16,25-28H,6H2,(H,21,22,23);1H/t10-,13-,14-,15-,16+;/m1./s1. The first-order valence-corrected chi connectivity index (χ1v) is 8.64. The maximum atomic E-state index is 13.5. The molecule has 2 heterocycles. The summed E-state index contributed by atoms with van der Waals surface area (Å²) in [7, 11) is 0. The minimum absolute atomic E-state index is 0. The SMILES string of the molecule is Cl.O/N=c1\nc[nH]c2c1ccn2[C@@H]1C[C@H]([C@H](O)c2ccc(F)c(F)c2)[C@@H](O)[C@H]1O. The van der Waals surface area contributed by atoms with E-state index < -0.39 is 41.9 Å². The molecule has 156 valence electrons. The van der Waals surface area contributed by atoms with E-state index in [1.807, 2.05) is 0 Å². The lowest BCUT2D eigenvalue weighted by Gasteiger charge is -2.22. The summed E-state index contributed by atoms with van der Waals surface area (Å²) in [5, 5.41) is 44.3. The number of H-pyrrole nitrogens is 1. The fourth-order valence-corrected chi connectivity index (χ4v) is 3.94. The van der Waals surface area contributed by atoms with Gasteiger partial charge in [0.05, 0.1) is 30.0 Å². The molecule has 1 saturated carbocycles. The third kappa shape index (κ3) is 3.48. The Labute approximate surface area is 169 Å². The zero-order valence-electron chi connectivity index (χ0n) is 14.9. The van der Waals surface area contributed by atoms with Gasteiger partial charge < -0.3 is 30.1 Å². The van der Waals surface area contributed by atoms with Crippen LogP contribution >= 0.6 is 12.4 Å². The summed E-state index contributed by atoms with van der Waals surface area (Å²) in [6.07, 6.45) is -0.635. The zero-order chi connectivity index (χ0) is 20.0. The number of benzene rings is 1. The Morgan fingerprint density at radius 3 is 2.62 bits per heavy atom. The molecule has 1 aliphatic carbocycles. The van der Waals surface area contributed by atoms with Crippen molar-refractivity contribution in [2.24, 2.45) is 11.1 Å². The lowest BCUT2D eigenvalue weighted by Crippen LogP contribution is -2.31.